The standard InChI is InChI=1S/3C7H19FIN.BO3.6HI/c3*1-5-9(4,6-2,7-3)10-8;2-1(3)4;;;;;;/h3*10H,5-7H2,1-4H3;;6*1H/q;;;-3;;;;;;/p-3. The molecular weight excluding hydrogens is 1550 g/mol. The van der Waals surface area contributed by atoms with Crippen LogP contribution < -0.4 is 170 Å². The van der Waals surface area contributed by atoms with Gasteiger partial charge in [-0.25, -0.2) is 0 Å². The molecule has 0 aliphatic rings. The summed E-state index contributed by atoms with van der Waals surface area (Å²) in [5.74, 6) is 0. The van der Waals surface area contributed by atoms with Crippen molar-refractivity contribution in [2.45, 2.75) is 62.3 Å². The summed E-state index contributed by atoms with van der Waals surface area (Å²) < 4.78 is 50.7. The molecule has 0 amide bonds. The maximum atomic E-state index is 12.7. The molecule has 0 fully saturated rings. The van der Waals surface area contributed by atoms with Gasteiger partial charge in [0.05, 0.1) is 0 Å². The van der Waals surface area contributed by atoms with Gasteiger partial charge in [-0.3, -0.25) is 7.32 Å². The van der Waals surface area contributed by atoms with Gasteiger partial charge in [-0.2, -0.15) is 0 Å². The van der Waals surface area contributed by atoms with E-state index in [0.717, 1.165) is 51.1 Å². The fourth-order valence-electron chi connectivity index (χ4n) is 2.23. The van der Waals surface area contributed by atoms with Crippen molar-refractivity contribution in [3.63, 3.8) is 0 Å². The average Bonchev–Trinajstić information content (AvgIpc) is 2.88. The fourth-order valence-corrected chi connectivity index (χ4v) is 14.9. The van der Waals surface area contributed by atoms with Crippen LogP contribution in [0.5, 0.6) is 0 Å². The number of quaternary nitrogens is 3. The van der Waals surface area contributed by atoms with Crippen molar-refractivity contribution >= 4 is 59.3 Å². The van der Waals surface area contributed by atoms with Gasteiger partial charge in [0.2, 0.25) is 0 Å². The van der Waals surface area contributed by atoms with Crippen molar-refractivity contribution in [3.05, 3.63) is 0 Å². The van der Waals surface area contributed by atoms with Gasteiger partial charge in [-0.05, 0) is 0 Å². The van der Waals surface area contributed by atoms with E-state index in [1.165, 1.54) is 0 Å². The van der Waals surface area contributed by atoms with E-state index >= 15 is 0 Å². The summed E-state index contributed by atoms with van der Waals surface area (Å²) in [6, 6.07) is 0. The predicted molar refractivity (Wildman–Crippen MR) is 170 cm³/mol. The Balaban J connectivity index is -0.0000000369. The Kier molecular flexibility index (Phi) is 60.6. The van der Waals surface area contributed by atoms with Crippen LogP contribution in [0.1, 0.15) is 62.3 Å². The van der Waals surface area contributed by atoms with Gasteiger partial charge >= 0.3 is 194 Å². The van der Waals surface area contributed by atoms with Gasteiger partial charge in [0.15, 0.2) is 0 Å². The molecule has 0 bridgehead atoms. The number of hydrogen-bond donors (Lipinski definition) is 3. The van der Waals surface area contributed by atoms with Gasteiger partial charge < -0.3 is 159 Å². The second-order valence-electron chi connectivity index (χ2n) is 9.09. The van der Waals surface area contributed by atoms with Gasteiger partial charge in [-0.1, -0.05) is 0 Å². The molecule has 0 atom stereocenters. The summed E-state index contributed by atoms with van der Waals surface area (Å²) in [6.07, 6.45) is 0. The summed E-state index contributed by atoms with van der Waals surface area (Å²) in [5, 5.41) is 25.2. The van der Waals surface area contributed by atoms with Crippen LogP contribution in [-0.2, 0) is 0 Å². The molecule has 0 rings (SSSR count). The molecule has 0 unspecified atom stereocenters. The second kappa shape index (κ2) is 33.7. The molecule has 6 N–H and O–H groups in total. The minimum absolute atomic E-state index is 0. The molecule has 0 aromatic carbocycles. The van der Waals surface area contributed by atoms with E-state index < -0.39 is 59.3 Å². The third-order valence-electron chi connectivity index (χ3n) is 7.97. The molecule has 0 aliphatic carbocycles. The topological polar surface area (TPSA) is 119 Å². The van der Waals surface area contributed by atoms with Crippen molar-refractivity contribution < 1.29 is 184 Å². The molecule has 6 nitrogen and oxygen atoms in total. The molecule has 19 heteroatoms. The van der Waals surface area contributed by atoms with Gasteiger partial charge in [-0.15, -0.1) is 0 Å². The third-order valence-corrected chi connectivity index (χ3v) is 53.5. The van der Waals surface area contributed by atoms with Crippen LogP contribution in [0.2, 0.25) is 0 Å². The zero-order valence-corrected chi connectivity index (χ0v) is 45.9. The first kappa shape index (κ1) is 72.0. The molecular formula is C21H60BF3I9N3O3-6. The number of hydrogen-bond acceptors (Lipinski definition) is 3. The Morgan fingerprint density at radius 1 is 0.400 bits per heavy atom. The number of nitrogens with two attached hydrogens (primary N) is 3. The average molecular weight is 1610 g/mol. The van der Waals surface area contributed by atoms with Crippen molar-refractivity contribution in [1.29, 1.82) is 0 Å². The van der Waals surface area contributed by atoms with E-state index in [1.807, 2.05) is 0 Å². The predicted octanol–water partition coefficient (Wildman–Crippen LogP) is -17.1. The quantitative estimate of drug-likeness (QED) is 0.0781. The first-order valence-electron chi connectivity index (χ1n) is 11.9. The van der Waals surface area contributed by atoms with E-state index in [2.05, 4.69) is 77.1 Å². The summed E-state index contributed by atoms with van der Waals surface area (Å²) in [5.41, 5.74) is 0. The van der Waals surface area contributed by atoms with Crippen LogP contribution in [0.15, 0.2) is 0 Å². The van der Waals surface area contributed by atoms with Crippen LogP contribution in [0, 0.1) is 0 Å². The Morgan fingerprint density at radius 2 is 0.475 bits per heavy atom. The molecule has 0 radical (unpaired) electrons. The molecule has 0 aromatic heterocycles. The Bertz CT molecular complexity index is 406. The van der Waals surface area contributed by atoms with Crippen molar-refractivity contribution in [1.82, 2.24) is 0 Å². The molecule has 0 saturated carbocycles. The van der Waals surface area contributed by atoms with Gasteiger partial charge in [0.1, 0.15) is 0 Å². The maximum absolute atomic E-state index is 12.7. The molecule has 0 saturated heterocycles. The summed E-state index contributed by atoms with van der Waals surface area (Å²) in [4.78, 5) is 6.56. The van der Waals surface area contributed by atoms with E-state index in [9.17, 15) is 13.4 Å². The summed E-state index contributed by atoms with van der Waals surface area (Å²) >= 11 is -7.61. The Labute approximate surface area is 353 Å². The Hall–Kier alpha value is 6.18. The van der Waals surface area contributed by atoms with Crippen molar-refractivity contribution in [3.8, 4) is 0 Å². The largest absolute Gasteiger partial charge is 1.00 e. The van der Waals surface area contributed by atoms with Crippen LogP contribution in [0.3, 0.4) is 0 Å². The van der Waals surface area contributed by atoms with Crippen LogP contribution in [-0.4, -0.2) is 62.0 Å². The van der Waals surface area contributed by atoms with Crippen LogP contribution in [0.25, 0.3) is 0 Å². The zero-order valence-electron chi connectivity index (χ0n) is 26.4. The molecule has 0 aromatic rings. The number of rotatable bonds is 12. The summed E-state index contributed by atoms with van der Waals surface area (Å²) in [6.45, 7) is 19.1. The van der Waals surface area contributed by atoms with E-state index in [0.29, 0.717) is 0 Å². The molecule has 270 valence electrons. The normalized spacial score (nSPS) is 12.9. The minimum atomic E-state index is -2.92. The monoisotopic (exact) mass is 1610 g/mol. The van der Waals surface area contributed by atoms with Crippen LogP contribution >= 0.6 is 52.0 Å². The first-order chi connectivity index (χ1) is 15.4. The maximum Gasteiger partial charge on any atom is -0.278 e. The first-order valence-corrected chi connectivity index (χ1v) is 35.9. The molecule has 40 heavy (non-hydrogen) atoms. The van der Waals surface area contributed by atoms with E-state index in [4.69, 9.17) is 15.1 Å². The SMILES string of the molecule is CCI(C)(CC)(CC)[NH2+]F.CCI(C)(CC)(CC)[NH2+]F.CCI(C)(CC)(CC)[NH2+]F.[I-].[I-].[I-].[I-].[I-].[I-].[O-]B([O-])[O-]. The van der Waals surface area contributed by atoms with E-state index in [-0.39, 0.29) is 144 Å². The molecule has 0 heterocycles. The Morgan fingerprint density at radius 3 is 0.475 bits per heavy atom. The van der Waals surface area contributed by atoms with Crippen molar-refractivity contribution in [2.75, 3.05) is 54.6 Å². The van der Waals surface area contributed by atoms with Gasteiger partial charge in [0, 0.05) is 0 Å². The van der Waals surface area contributed by atoms with Crippen LogP contribution in [0.4, 0.5) is 13.4 Å². The third kappa shape index (κ3) is 28.1. The second-order valence-corrected chi connectivity index (χ2v) is 59.3. The molecule has 0 aliphatic heterocycles. The minimum Gasteiger partial charge on any atom is -1.00 e. The zero-order chi connectivity index (χ0) is 28.4. The number of halogens is 12. The van der Waals surface area contributed by atoms with Gasteiger partial charge in [0.25, 0.3) is 0 Å². The van der Waals surface area contributed by atoms with E-state index in [1.54, 1.807) is 0 Å². The fraction of sp³-hybridized carbons (Fsp3) is 1.00. The smallest absolute Gasteiger partial charge is 0.278 e. The molecule has 0 spiro atoms. The van der Waals surface area contributed by atoms with Crippen molar-refractivity contribution in [2.24, 2.45) is 0 Å². The number of alkyl halides is 12. The summed E-state index contributed by atoms with van der Waals surface area (Å²) in [7, 11) is -2.92.